The summed E-state index contributed by atoms with van der Waals surface area (Å²) in [6.07, 6.45) is 0.319. The van der Waals surface area contributed by atoms with Crippen LogP contribution in [0.3, 0.4) is 0 Å². The van der Waals surface area contributed by atoms with E-state index in [1.54, 1.807) is 37.5 Å². The topological polar surface area (TPSA) is 116 Å². The van der Waals surface area contributed by atoms with Crippen molar-refractivity contribution in [3.63, 3.8) is 0 Å². The lowest BCUT2D eigenvalue weighted by Gasteiger charge is -2.23. The Bertz CT molecular complexity index is 1580. The fourth-order valence-electron chi connectivity index (χ4n) is 4.90. The van der Waals surface area contributed by atoms with Crippen molar-refractivity contribution in [2.75, 3.05) is 6.54 Å². The molecule has 1 aliphatic heterocycles. The van der Waals surface area contributed by atoms with Crippen molar-refractivity contribution in [3.8, 4) is 11.1 Å². The smallest absolute Gasteiger partial charge is 0.257 e. The van der Waals surface area contributed by atoms with E-state index < -0.39 is 36.9 Å². The van der Waals surface area contributed by atoms with E-state index in [4.69, 9.17) is 0 Å². The van der Waals surface area contributed by atoms with Crippen molar-refractivity contribution in [2.45, 2.75) is 58.4 Å². The Morgan fingerprint density at radius 3 is 2.52 bits per heavy atom. The van der Waals surface area contributed by atoms with Gasteiger partial charge in [-0.05, 0) is 30.7 Å². The van der Waals surface area contributed by atoms with E-state index in [0.717, 1.165) is 15.8 Å². The Hall–Kier alpha value is -4.42. The number of hydrogen-bond acceptors (Lipinski definition) is 7. The molecule has 0 spiro atoms. The Labute approximate surface area is 226 Å². The maximum atomic E-state index is 14.4. The van der Waals surface area contributed by atoms with E-state index in [1.807, 2.05) is 0 Å². The molecule has 40 heavy (non-hydrogen) atoms. The number of carbonyl (C=O) groups excluding carboxylic acids is 3. The van der Waals surface area contributed by atoms with Crippen molar-refractivity contribution in [1.82, 2.24) is 34.4 Å². The summed E-state index contributed by atoms with van der Waals surface area (Å²) in [5, 5.41) is 8.87. The molecule has 0 bridgehead atoms. The van der Waals surface area contributed by atoms with Crippen LogP contribution < -0.4 is 0 Å². The summed E-state index contributed by atoms with van der Waals surface area (Å²) in [6.45, 7) is 1.98. The van der Waals surface area contributed by atoms with Gasteiger partial charge in [0.05, 0.1) is 30.2 Å². The Balaban J connectivity index is 1.36. The molecule has 1 saturated heterocycles. The molecule has 208 valence electrons. The fourth-order valence-corrected chi connectivity index (χ4v) is 4.90. The number of nitrogens with zero attached hydrogens (tertiary/aromatic N) is 7. The van der Waals surface area contributed by atoms with E-state index in [0.29, 0.717) is 16.7 Å². The van der Waals surface area contributed by atoms with Gasteiger partial charge in [0, 0.05) is 42.9 Å². The second-order valence-electron chi connectivity index (χ2n) is 9.77. The highest BCUT2D eigenvalue weighted by Gasteiger charge is 2.39. The largest absolute Gasteiger partial charge is 0.328 e. The van der Waals surface area contributed by atoms with Gasteiger partial charge in [-0.15, -0.1) is 0 Å². The number of hydrogen-bond donors (Lipinski definition) is 0. The molecule has 0 aliphatic carbocycles. The lowest BCUT2D eigenvalue weighted by atomic mass is 10.0. The van der Waals surface area contributed by atoms with Gasteiger partial charge in [-0.3, -0.25) is 23.7 Å². The third-order valence-corrected chi connectivity index (χ3v) is 6.80. The molecular formula is C27H26F3N7O3. The molecule has 2 atom stereocenters. The third kappa shape index (κ3) is 5.63. The van der Waals surface area contributed by atoms with E-state index in [-0.39, 0.29) is 43.1 Å². The highest BCUT2D eigenvalue weighted by Crippen LogP contribution is 2.28. The van der Waals surface area contributed by atoms with Crippen molar-refractivity contribution < 1.29 is 27.6 Å². The van der Waals surface area contributed by atoms with Crippen LogP contribution in [0.15, 0.2) is 42.9 Å². The van der Waals surface area contributed by atoms with Crippen LogP contribution in [-0.2, 0) is 29.1 Å². The molecule has 13 heteroatoms. The molecule has 0 N–H and O–H groups in total. The predicted molar refractivity (Wildman–Crippen MR) is 137 cm³/mol. The van der Waals surface area contributed by atoms with Gasteiger partial charge in [-0.25, -0.2) is 23.1 Å². The number of aromatic nitrogens is 6. The van der Waals surface area contributed by atoms with Crippen molar-refractivity contribution in [3.05, 3.63) is 60.1 Å². The molecule has 0 saturated carbocycles. The number of likely N-dealkylation sites (tertiary alicyclic amines) is 1. The molecule has 4 aromatic rings. The van der Waals surface area contributed by atoms with Crippen molar-refractivity contribution >= 4 is 28.4 Å². The first kappa shape index (κ1) is 27.2. The lowest BCUT2D eigenvalue weighted by Crippen LogP contribution is -2.43. The Morgan fingerprint density at radius 1 is 1.07 bits per heavy atom. The first-order chi connectivity index (χ1) is 19.1. The summed E-state index contributed by atoms with van der Waals surface area (Å²) >= 11 is 0. The van der Waals surface area contributed by atoms with Gasteiger partial charge in [0.2, 0.25) is 5.91 Å². The summed E-state index contributed by atoms with van der Waals surface area (Å²) in [5.74, 6) is -0.637. The number of rotatable bonds is 9. The summed E-state index contributed by atoms with van der Waals surface area (Å²) in [5.41, 5.74) is 2.48. The van der Waals surface area contributed by atoms with Gasteiger partial charge in [0.1, 0.15) is 30.8 Å². The minimum absolute atomic E-state index is 0.164. The van der Waals surface area contributed by atoms with Crippen LogP contribution in [0.5, 0.6) is 0 Å². The number of alkyl halides is 3. The number of aryl methyl sites for hydroxylation is 1. The lowest BCUT2D eigenvalue weighted by molar-refractivity contribution is -0.138. The second kappa shape index (κ2) is 11.0. The normalized spacial score (nSPS) is 17.2. The molecule has 5 rings (SSSR count). The monoisotopic (exact) mass is 553 g/mol. The molecule has 1 fully saturated rings. The van der Waals surface area contributed by atoms with Gasteiger partial charge < -0.3 is 4.90 Å². The van der Waals surface area contributed by atoms with Crippen LogP contribution in [-0.4, -0.2) is 77.1 Å². The van der Waals surface area contributed by atoms with Crippen molar-refractivity contribution in [1.29, 1.82) is 0 Å². The Morgan fingerprint density at radius 2 is 1.82 bits per heavy atom. The fraction of sp³-hybridized carbons (Fsp3) is 0.370. The summed E-state index contributed by atoms with van der Waals surface area (Å²) < 4.78 is 42.1. The van der Waals surface area contributed by atoms with E-state index in [2.05, 4.69) is 20.2 Å². The van der Waals surface area contributed by atoms with Crippen LogP contribution >= 0.6 is 0 Å². The molecule has 1 aliphatic rings. The van der Waals surface area contributed by atoms with E-state index >= 15 is 0 Å². The molecule has 0 radical (unpaired) electrons. The average molecular weight is 554 g/mol. The average Bonchev–Trinajstić information content (AvgIpc) is 3.61. The predicted octanol–water partition coefficient (Wildman–Crippen LogP) is 3.22. The first-order valence-corrected chi connectivity index (χ1v) is 12.7. The molecule has 1 amide bonds. The summed E-state index contributed by atoms with van der Waals surface area (Å²) in [4.78, 5) is 48.3. The zero-order chi connectivity index (χ0) is 28.6. The second-order valence-corrected chi connectivity index (χ2v) is 9.77. The van der Waals surface area contributed by atoms with E-state index in [9.17, 15) is 27.6 Å². The molecule has 0 unspecified atom stereocenters. The number of carbonyl (C=O) groups is 3. The number of Topliss-reactive ketones (excluding diaryl/α,β-unsaturated/α-hetero) is 2. The van der Waals surface area contributed by atoms with Gasteiger partial charge in [-0.1, -0.05) is 6.07 Å². The highest BCUT2D eigenvalue weighted by molar-refractivity contribution is 6.06. The van der Waals surface area contributed by atoms with Gasteiger partial charge in [-0.2, -0.15) is 10.2 Å². The molecule has 10 nitrogen and oxygen atoms in total. The zero-order valence-corrected chi connectivity index (χ0v) is 21.8. The number of halogens is 3. The summed E-state index contributed by atoms with van der Waals surface area (Å²) in [7, 11) is 0. The van der Waals surface area contributed by atoms with Crippen LogP contribution in [0, 0.1) is 6.92 Å². The van der Waals surface area contributed by atoms with E-state index in [1.165, 1.54) is 28.8 Å². The zero-order valence-electron chi connectivity index (χ0n) is 21.8. The minimum Gasteiger partial charge on any atom is -0.328 e. The number of fused-ring (bicyclic) bond motifs is 1. The molecule has 1 aromatic carbocycles. The van der Waals surface area contributed by atoms with Crippen LogP contribution in [0.1, 0.15) is 35.4 Å². The maximum Gasteiger partial charge on any atom is 0.257 e. The number of benzene rings is 1. The Kier molecular flexibility index (Phi) is 7.46. The minimum atomic E-state index is -2.59. The molecule has 3 aromatic heterocycles. The number of ketones is 2. The first-order valence-electron chi connectivity index (χ1n) is 12.7. The standard InChI is InChI=1S/C27H26F3N7O3/c1-15(38)27-21-7-17(18-10-31-16(2)32-11-18)3-4-22(21)37(34-27)14-26(40)36-12-19(28)8-23(36)24(39)9-20-5-6-35(33-20)13-25(29)30/h3-7,10-11,19,23,25H,8-9,12-14H2,1-2H3/t19-,23+/m1/s1. The third-order valence-electron chi connectivity index (χ3n) is 6.80. The van der Waals surface area contributed by atoms with Gasteiger partial charge in [0.15, 0.2) is 11.6 Å². The van der Waals surface area contributed by atoms with Crippen molar-refractivity contribution in [2.24, 2.45) is 0 Å². The van der Waals surface area contributed by atoms with Gasteiger partial charge in [0.25, 0.3) is 6.43 Å². The maximum absolute atomic E-state index is 14.4. The summed E-state index contributed by atoms with van der Waals surface area (Å²) in [6, 6.07) is 5.74. The van der Waals surface area contributed by atoms with Gasteiger partial charge >= 0.3 is 0 Å². The quantitative estimate of drug-likeness (QED) is 0.292. The highest BCUT2D eigenvalue weighted by atomic mass is 19.3. The SMILES string of the molecule is CC(=O)c1nn(CC(=O)N2C[C@H](F)C[C@H]2C(=O)Cc2ccn(CC(F)F)n2)c2ccc(-c3cnc(C)nc3)cc12. The number of amides is 1. The van der Waals surface area contributed by atoms with Crippen LogP contribution in [0.2, 0.25) is 0 Å². The molecular weight excluding hydrogens is 527 g/mol. The van der Waals surface area contributed by atoms with Crippen LogP contribution in [0.4, 0.5) is 13.2 Å². The molecule has 4 heterocycles. The van der Waals surface area contributed by atoms with Crippen LogP contribution in [0.25, 0.3) is 22.0 Å².